The van der Waals surface area contributed by atoms with Crippen molar-refractivity contribution >= 4 is 0 Å². The van der Waals surface area contributed by atoms with Crippen molar-refractivity contribution < 1.29 is 0 Å². The predicted molar refractivity (Wildman–Crippen MR) is 77.3 cm³/mol. The van der Waals surface area contributed by atoms with Gasteiger partial charge in [-0.1, -0.05) is 30.3 Å². The lowest BCUT2D eigenvalue weighted by Crippen LogP contribution is -2.53. The molecule has 1 aliphatic heterocycles. The molecule has 1 aromatic carbocycles. The van der Waals surface area contributed by atoms with Gasteiger partial charge in [-0.3, -0.25) is 4.90 Å². The molecule has 1 atom stereocenters. The van der Waals surface area contributed by atoms with Gasteiger partial charge >= 0.3 is 0 Å². The van der Waals surface area contributed by atoms with Gasteiger partial charge in [0.1, 0.15) is 0 Å². The molecular formula is C16H26N2. The number of rotatable bonds is 4. The standard InChI is InChI=1S/C16H26N2/c1-16(2)15(10-11-17)9-6-12-18(16)13-14-7-4-3-5-8-14/h3-5,7-8,15H,6,9-13,17H2,1-2H3. The van der Waals surface area contributed by atoms with Crippen molar-refractivity contribution in [3.05, 3.63) is 35.9 Å². The minimum Gasteiger partial charge on any atom is -0.330 e. The SMILES string of the molecule is CC1(C)C(CCN)CCCN1Cc1ccccc1. The Morgan fingerprint density at radius 3 is 2.67 bits per heavy atom. The van der Waals surface area contributed by atoms with Gasteiger partial charge in [-0.15, -0.1) is 0 Å². The second-order valence-electron chi connectivity index (χ2n) is 5.98. The summed E-state index contributed by atoms with van der Waals surface area (Å²) in [5.74, 6) is 0.736. The van der Waals surface area contributed by atoms with E-state index in [4.69, 9.17) is 5.73 Å². The van der Waals surface area contributed by atoms with Gasteiger partial charge in [-0.05, 0) is 57.7 Å². The Morgan fingerprint density at radius 2 is 2.00 bits per heavy atom. The quantitative estimate of drug-likeness (QED) is 0.885. The fraction of sp³-hybridized carbons (Fsp3) is 0.625. The highest BCUT2D eigenvalue weighted by Crippen LogP contribution is 2.36. The normalized spacial score (nSPS) is 24.1. The zero-order valence-electron chi connectivity index (χ0n) is 11.7. The van der Waals surface area contributed by atoms with Crippen molar-refractivity contribution in [2.45, 2.75) is 45.2 Å². The van der Waals surface area contributed by atoms with E-state index in [-0.39, 0.29) is 5.54 Å². The van der Waals surface area contributed by atoms with Crippen LogP contribution in [-0.4, -0.2) is 23.5 Å². The molecular weight excluding hydrogens is 220 g/mol. The molecule has 1 saturated heterocycles. The molecule has 1 heterocycles. The molecule has 2 N–H and O–H groups in total. The minimum absolute atomic E-state index is 0.271. The molecule has 1 unspecified atom stereocenters. The Bertz CT molecular complexity index is 357. The fourth-order valence-electron chi connectivity index (χ4n) is 3.21. The summed E-state index contributed by atoms with van der Waals surface area (Å²) < 4.78 is 0. The molecule has 0 aliphatic carbocycles. The number of piperidine rings is 1. The van der Waals surface area contributed by atoms with Crippen molar-refractivity contribution in [1.29, 1.82) is 0 Å². The van der Waals surface area contributed by atoms with Crippen LogP contribution < -0.4 is 5.73 Å². The van der Waals surface area contributed by atoms with Gasteiger partial charge in [-0.2, -0.15) is 0 Å². The third-order valence-electron chi connectivity index (χ3n) is 4.53. The largest absolute Gasteiger partial charge is 0.330 e. The highest BCUT2D eigenvalue weighted by atomic mass is 15.2. The number of nitrogens with two attached hydrogens (primary N) is 1. The van der Waals surface area contributed by atoms with Gasteiger partial charge in [-0.25, -0.2) is 0 Å². The number of nitrogens with zero attached hydrogens (tertiary/aromatic N) is 1. The first-order valence-electron chi connectivity index (χ1n) is 7.13. The maximum absolute atomic E-state index is 5.76. The van der Waals surface area contributed by atoms with Crippen molar-refractivity contribution in [2.75, 3.05) is 13.1 Å². The molecule has 2 rings (SSSR count). The maximum atomic E-state index is 5.76. The molecule has 2 heteroatoms. The molecule has 0 spiro atoms. The van der Waals surface area contributed by atoms with Crippen LogP contribution in [0.5, 0.6) is 0 Å². The molecule has 1 fully saturated rings. The first kappa shape index (κ1) is 13.6. The molecule has 2 nitrogen and oxygen atoms in total. The Hall–Kier alpha value is -0.860. The second-order valence-corrected chi connectivity index (χ2v) is 5.98. The van der Waals surface area contributed by atoms with Gasteiger partial charge in [0, 0.05) is 12.1 Å². The highest BCUT2D eigenvalue weighted by molar-refractivity contribution is 5.15. The smallest absolute Gasteiger partial charge is 0.0239 e. The van der Waals surface area contributed by atoms with Crippen molar-refractivity contribution in [3.63, 3.8) is 0 Å². The van der Waals surface area contributed by atoms with Crippen LogP contribution in [0.4, 0.5) is 0 Å². The molecule has 18 heavy (non-hydrogen) atoms. The van der Waals surface area contributed by atoms with Crippen molar-refractivity contribution in [1.82, 2.24) is 4.90 Å². The Labute approximate surface area is 111 Å². The lowest BCUT2D eigenvalue weighted by molar-refractivity contribution is 0.0124. The molecule has 1 aliphatic rings. The molecule has 0 radical (unpaired) electrons. The van der Waals surface area contributed by atoms with Crippen LogP contribution in [-0.2, 0) is 6.54 Å². The maximum Gasteiger partial charge on any atom is 0.0239 e. The first-order chi connectivity index (χ1) is 8.64. The van der Waals surface area contributed by atoms with Gasteiger partial charge in [0.2, 0.25) is 0 Å². The van der Waals surface area contributed by atoms with E-state index in [0.29, 0.717) is 0 Å². The van der Waals surface area contributed by atoms with E-state index in [1.54, 1.807) is 0 Å². The van der Waals surface area contributed by atoms with E-state index in [0.717, 1.165) is 25.4 Å². The van der Waals surface area contributed by atoms with Crippen LogP contribution in [0.3, 0.4) is 0 Å². The summed E-state index contributed by atoms with van der Waals surface area (Å²) in [4.78, 5) is 2.63. The third kappa shape index (κ3) is 2.93. The van der Waals surface area contributed by atoms with Gasteiger partial charge < -0.3 is 5.73 Å². The van der Waals surface area contributed by atoms with E-state index in [1.807, 2.05) is 0 Å². The topological polar surface area (TPSA) is 29.3 Å². The Morgan fingerprint density at radius 1 is 1.28 bits per heavy atom. The van der Waals surface area contributed by atoms with E-state index in [2.05, 4.69) is 49.1 Å². The number of hydrogen-bond acceptors (Lipinski definition) is 2. The molecule has 0 saturated carbocycles. The Balaban J connectivity index is 2.07. The molecule has 0 aromatic heterocycles. The molecule has 1 aromatic rings. The zero-order chi connectivity index (χ0) is 13.0. The summed E-state index contributed by atoms with van der Waals surface area (Å²) >= 11 is 0. The van der Waals surface area contributed by atoms with E-state index < -0.39 is 0 Å². The summed E-state index contributed by atoms with van der Waals surface area (Å²) in [6, 6.07) is 10.8. The summed E-state index contributed by atoms with van der Waals surface area (Å²) in [5, 5.41) is 0. The fourth-order valence-corrected chi connectivity index (χ4v) is 3.21. The predicted octanol–water partition coefficient (Wildman–Crippen LogP) is 3.03. The number of hydrogen-bond donors (Lipinski definition) is 1. The monoisotopic (exact) mass is 246 g/mol. The van der Waals surface area contributed by atoms with Gasteiger partial charge in [0.05, 0.1) is 0 Å². The Kier molecular flexibility index (Phi) is 4.41. The molecule has 100 valence electrons. The van der Waals surface area contributed by atoms with E-state index in [1.165, 1.54) is 24.9 Å². The van der Waals surface area contributed by atoms with Crippen molar-refractivity contribution in [2.24, 2.45) is 11.7 Å². The van der Waals surface area contributed by atoms with Gasteiger partial charge in [0.25, 0.3) is 0 Å². The van der Waals surface area contributed by atoms with Crippen LogP contribution >= 0.6 is 0 Å². The number of likely N-dealkylation sites (tertiary alicyclic amines) is 1. The first-order valence-corrected chi connectivity index (χ1v) is 7.13. The molecule has 0 bridgehead atoms. The van der Waals surface area contributed by atoms with Crippen LogP contribution in [0.15, 0.2) is 30.3 Å². The summed E-state index contributed by atoms with van der Waals surface area (Å²) in [7, 11) is 0. The van der Waals surface area contributed by atoms with Crippen LogP contribution in [0.25, 0.3) is 0 Å². The third-order valence-corrected chi connectivity index (χ3v) is 4.53. The summed E-state index contributed by atoms with van der Waals surface area (Å²) in [6.45, 7) is 7.86. The van der Waals surface area contributed by atoms with E-state index >= 15 is 0 Å². The van der Waals surface area contributed by atoms with Gasteiger partial charge in [0.15, 0.2) is 0 Å². The van der Waals surface area contributed by atoms with E-state index in [9.17, 15) is 0 Å². The lowest BCUT2D eigenvalue weighted by Gasteiger charge is -2.48. The van der Waals surface area contributed by atoms with Crippen LogP contribution in [0.2, 0.25) is 0 Å². The number of benzene rings is 1. The van der Waals surface area contributed by atoms with Crippen LogP contribution in [0.1, 0.15) is 38.7 Å². The average molecular weight is 246 g/mol. The lowest BCUT2D eigenvalue weighted by atomic mass is 9.77. The van der Waals surface area contributed by atoms with Crippen LogP contribution in [0, 0.1) is 5.92 Å². The summed E-state index contributed by atoms with van der Waals surface area (Å²) in [6.07, 6.45) is 3.79. The summed E-state index contributed by atoms with van der Waals surface area (Å²) in [5.41, 5.74) is 7.45. The molecule has 0 amide bonds. The average Bonchev–Trinajstić information content (AvgIpc) is 2.36. The highest BCUT2D eigenvalue weighted by Gasteiger charge is 2.37. The minimum atomic E-state index is 0.271. The van der Waals surface area contributed by atoms with Crippen molar-refractivity contribution in [3.8, 4) is 0 Å². The second kappa shape index (κ2) is 5.85. The zero-order valence-corrected chi connectivity index (χ0v) is 11.7.